The van der Waals surface area contributed by atoms with Crippen LogP contribution in [0.5, 0.6) is 0 Å². The predicted octanol–water partition coefficient (Wildman–Crippen LogP) is 2.17. The van der Waals surface area contributed by atoms with Crippen molar-refractivity contribution in [2.75, 3.05) is 20.1 Å². The monoisotopic (exact) mass is 240 g/mol. The van der Waals surface area contributed by atoms with Gasteiger partial charge in [-0.25, -0.2) is 0 Å². The van der Waals surface area contributed by atoms with E-state index in [2.05, 4.69) is 24.5 Å². The number of carbonyl (C=O) groups is 1. The molecule has 2 N–H and O–H groups in total. The van der Waals surface area contributed by atoms with Crippen LogP contribution in [0.2, 0.25) is 0 Å². The fraction of sp³-hybridized carbons (Fsp3) is 0.929. The molecule has 17 heavy (non-hydrogen) atoms. The van der Waals surface area contributed by atoms with E-state index in [-0.39, 0.29) is 11.8 Å². The van der Waals surface area contributed by atoms with E-state index in [0.717, 1.165) is 25.4 Å². The third-order valence-electron chi connectivity index (χ3n) is 3.89. The fourth-order valence-electron chi connectivity index (χ4n) is 2.68. The third kappa shape index (κ3) is 5.07. The molecule has 100 valence electrons. The Morgan fingerprint density at radius 3 is 2.47 bits per heavy atom. The van der Waals surface area contributed by atoms with E-state index >= 15 is 0 Å². The van der Waals surface area contributed by atoms with Gasteiger partial charge in [0.25, 0.3) is 0 Å². The summed E-state index contributed by atoms with van der Waals surface area (Å²) in [5.41, 5.74) is 0. The van der Waals surface area contributed by atoms with E-state index in [0.29, 0.717) is 5.92 Å². The Bertz CT molecular complexity index is 222. The average Bonchev–Trinajstić information content (AvgIpc) is 2.78. The number of rotatable bonds is 7. The summed E-state index contributed by atoms with van der Waals surface area (Å²) in [6.45, 7) is 5.85. The molecule has 1 rings (SSSR count). The van der Waals surface area contributed by atoms with Crippen LogP contribution in [0.3, 0.4) is 0 Å². The van der Waals surface area contributed by atoms with E-state index in [1.165, 1.54) is 25.7 Å². The van der Waals surface area contributed by atoms with Crippen LogP contribution in [0, 0.1) is 17.8 Å². The lowest BCUT2D eigenvalue weighted by Gasteiger charge is -2.20. The van der Waals surface area contributed by atoms with Gasteiger partial charge in [-0.3, -0.25) is 4.79 Å². The van der Waals surface area contributed by atoms with Gasteiger partial charge in [-0.2, -0.15) is 0 Å². The molecule has 1 aliphatic rings. The van der Waals surface area contributed by atoms with Crippen molar-refractivity contribution in [1.82, 2.24) is 10.6 Å². The highest BCUT2D eigenvalue weighted by molar-refractivity contribution is 5.79. The second kappa shape index (κ2) is 7.70. The molecule has 0 aromatic heterocycles. The largest absolute Gasteiger partial charge is 0.356 e. The number of amides is 1. The zero-order valence-electron chi connectivity index (χ0n) is 11.6. The van der Waals surface area contributed by atoms with Crippen molar-refractivity contribution in [3.8, 4) is 0 Å². The van der Waals surface area contributed by atoms with Gasteiger partial charge in [0.1, 0.15) is 0 Å². The molecule has 0 radical (unpaired) electrons. The smallest absolute Gasteiger partial charge is 0.224 e. The lowest BCUT2D eigenvalue weighted by atomic mass is 9.94. The molecule has 0 aliphatic heterocycles. The van der Waals surface area contributed by atoms with Gasteiger partial charge in [0.2, 0.25) is 5.91 Å². The SMILES string of the molecule is CNCC(C(=O)NCCC1CCCC1)C(C)C. The van der Waals surface area contributed by atoms with Gasteiger partial charge in [-0.05, 0) is 25.3 Å². The first-order chi connectivity index (χ1) is 8.15. The predicted molar refractivity (Wildman–Crippen MR) is 71.8 cm³/mol. The summed E-state index contributed by atoms with van der Waals surface area (Å²) in [6, 6.07) is 0. The lowest BCUT2D eigenvalue weighted by Crippen LogP contribution is -2.39. The van der Waals surface area contributed by atoms with Crippen LogP contribution in [-0.2, 0) is 4.79 Å². The quantitative estimate of drug-likeness (QED) is 0.716. The molecule has 0 aromatic carbocycles. The van der Waals surface area contributed by atoms with Gasteiger partial charge >= 0.3 is 0 Å². The maximum absolute atomic E-state index is 12.0. The van der Waals surface area contributed by atoms with E-state index in [9.17, 15) is 4.79 Å². The van der Waals surface area contributed by atoms with E-state index in [1.807, 2.05) is 7.05 Å². The van der Waals surface area contributed by atoms with Crippen molar-refractivity contribution in [2.45, 2.75) is 46.0 Å². The molecule has 0 bridgehead atoms. The van der Waals surface area contributed by atoms with Crippen LogP contribution in [0.1, 0.15) is 46.0 Å². The molecule has 3 heteroatoms. The third-order valence-corrected chi connectivity index (χ3v) is 3.89. The van der Waals surface area contributed by atoms with E-state index in [1.54, 1.807) is 0 Å². The standard InChI is InChI=1S/C14H28N2O/c1-11(2)13(10-15-3)14(17)16-9-8-12-6-4-5-7-12/h11-13,15H,4-10H2,1-3H3,(H,16,17). The number of carbonyl (C=O) groups excluding carboxylic acids is 1. The van der Waals surface area contributed by atoms with Crippen molar-refractivity contribution in [1.29, 1.82) is 0 Å². The molecule has 0 heterocycles. The summed E-state index contributed by atoms with van der Waals surface area (Å²) in [5.74, 6) is 1.57. The van der Waals surface area contributed by atoms with Crippen molar-refractivity contribution in [3.05, 3.63) is 0 Å². The Labute approximate surface area is 106 Å². The van der Waals surface area contributed by atoms with Crippen LogP contribution in [0.15, 0.2) is 0 Å². The second-order valence-electron chi connectivity index (χ2n) is 5.64. The number of nitrogens with one attached hydrogen (secondary N) is 2. The fourth-order valence-corrected chi connectivity index (χ4v) is 2.68. The molecule has 1 fully saturated rings. The molecule has 0 aromatic rings. The van der Waals surface area contributed by atoms with Gasteiger partial charge in [0.05, 0.1) is 5.92 Å². The summed E-state index contributed by atoms with van der Waals surface area (Å²) in [5, 5.41) is 6.20. The summed E-state index contributed by atoms with van der Waals surface area (Å²) in [6.07, 6.45) is 6.65. The Hall–Kier alpha value is -0.570. The zero-order chi connectivity index (χ0) is 12.7. The maximum atomic E-state index is 12.0. The van der Waals surface area contributed by atoms with Gasteiger partial charge in [-0.15, -0.1) is 0 Å². The first kappa shape index (κ1) is 14.5. The lowest BCUT2D eigenvalue weighted by molar-refractivity contribution is -0.126. The summed E-state index contributed by atoms with van der Waals surface area (Å²) >= 11 is 0. The Morgan fingerprint density at radius 1 is 1.29 bits per heavy atom. The van der Waals surface area contributed by atoms with Gasteiger partial charge in [-0.1, -0.05) is 39.5 Å². The van der Waals surface area contributed by atoms with Gasteiger partial charge < -0.3 is 10.6 Å². The minimum Gasteiger partial charge on any atom is -0.356 e. The molecule has 0 saturated heterocycles. The summed E-state index contributed by atoms with van der Waals surface area (Å²) < 4.78 is 0. The van der Waals surface area contributed by atoms with Crippen LogP contribution < -0.4 is 10.6 Å². The van der Waals surface area contributed by atoms with Crippen molar-refractivity contribution < 1.29 is 4.79 Å². The van der Waals surface area contributed by atoms with E-state index in [4.69, 9.17) is 0 Å². The van der Waals surface area contributed by atoms with Crippen LogP contribution in [-0.4, -0.2) is 26.0 Å². The van der Waals surface area contributed by atoms with E-state index < -0.39 is 0 Å². The van der Waals surface area contributed by atoms with Gasteiger partial charge in [0.15, 0.2) is 0 Å². The first-order valence-electron chi connectivity index (χ1n) is 7.07. The summed E-state index contributed by atoms with van der Waals surface area (Å²) in [7, 11) is 1.90. The normalized spacial score (nSPS) is 18.6. The van der Waals surface area contributed by atoms with Gasteiger partial charge in [0, 0.05) is 13.1 Å². The maximum Gasteiger partial charge on any atom is 0.224 e. The number of hydrogen-bond acceptors (Lipinski definition) is 2. The second-order valence-corrected chi connectivity index (χ2v) is 5.64. The zero-order valence-corrected chi connectivity index (χ0v) is 11.6. The molecular formula is C14H28N2O. The topological polar surface area (TPSA) is 41.1 Å². The van der Waals surface area contributed by atoms with Crippen molar-refractivity contribution in [2.24, 2.45) is 17.8 Å². The molecule has 3 nitrogen and oxygen atoms in total. The average molecular weight is 240 g/mol. The van der Waals surface area contributed by atoms with Crippen molar-refractivity contribution >= 4 is 5.91 Å². The highest BCUT2D eigenvalue weighted by Gasteiger charge is 2.21. The Balaban J connectivity index is 2.21. The first-order valence-corrected chi connectivity index (χ1v) is 7.07. The molecule has 1 aliphatic carbocycles. The molecule has 1 saturated carbocycles. The molecule has 1 atom stereocenters. The Kier molecular flexibility index (Phi) is 6.56. The van der Waals surface area contributed by atoms with Crippen LogP contribution in [0.25, 0.3) is 0 Å². The minimum absolute atomic E-state index is 0.101. The molecule has 0 spiro atoms. The molecule has 1 amide bonds. The molecule has 1 unspecified atom stereocenters. The summed E-state index contributed by atoms with van der Waals surface area (Å²) in [4.78, 5) is 12.0. The van der Waals surface area contributed by atoms with Crippen molar-refractivity contribution in [3.63, 3.8) is 0 Å². The highest BCUT2D eigenvalue weighted by Crippen LogP contribution is 2.26. The minimum atomic E-state index is 0.101. The van der Waals surface area contributed by atoms with Crippen LogP contribution >= 0.6 is 0 Å². The highest BCUT2D eigenvalue weighted by atomic mass is 16.1. The Morgan fingerprint density at radius 2 is 1.94 bits per heavy atom. The number of hydrogen-bond donors (Lipinski definition) is 2. The molecular weight excluding hydrogens is 212 g/mol. The van der Waals surface area contributed by atoms with Crippen LogP contribution in [0.4, 0.5) is 0 Å².